The van der Waals surface area contributed by atoms with E-state index in [1.54, 1.807) is 66.4 Å². The Labute approximate surface area is 181 Å². The molecule has 0 aliphatic heterocycles. The Morgan fingerprint density at radius 1 is 0.935 bits per heavy atom. The maximum Gasteiger partial charge on any atom is 0.244 e. The van der Waals surface area contributed by atoms with Gasteiger partial charge in [-0.3, -0.25) is 4.79 Å². The summed E-state index contributed by atoms with van der Waals surface area (Å²) in [6.45, 7) is -0.00655. The summed E-state index contributed by atoms with van der Waals surface area (Å²) in [6, 6.07) is 23.3. The number of carbonyl (C=O) groups is 1. The smallest absolute Gasteiger partial charge is 0.244 e. The van der Waals surface area contributed by atoms with Crippen LogP contribution in [0.3, 0.4) is 0 Å². The van der Waals surface area contributed by atoms with Gasteiger partial charge in [-0.1, -0.05) is 48.5 Å². The fourth-order valence-electron chi connectivity index (χ4n) is 3.49. The van der Waals surface area contributed by atoms with Crippen molar-refractivity contribution in [3.63, 3.8) is 0 Å². The highest BCUT2D eigenvalue weighted by molar-refractivity contribution is 7.90. The van der Waals surface area contributed by atoms with Crippen molar-refractivity contribution in [3.05, 3.63) is 90.6 Å². The molecule has 31 heavy (non-hydrogen) atoms. The molecule has 0 saturated carbocycles. The van der Waals surface area contributed by atoms with E-state index < -0.39 is 9.84 Å². The van der Waals surface area contributed by atoms with Gasteiger partial charge in [0, 0.05) is 22.8 Å². The summed E-state index contributed by atoms with van der Waals surface area (Å²) < 4.78 is 33.1. The zero-order chi connectivity index (χ0) is 21.8. The molecule has 6 nitrogen and oxygen atoms in total. The van der Waals surface area contributed by atoms with Gasteiger partial charge >= 0.3 is 0 Å². The van der Waals surface area contributed by atoms with Crippen molar-refractivity contribution < 1.29 is 17.9 Å². The SMILES string of the molecule is COc1ccc(NC(=O)Cn2cc(S(=O)(=O)Cc3ccccc3)c3ccccc32)cc1. The topological polar surface area (TPSA) is 77.4 Å². The number of amides is 1. The van der Waals surface area contributed by atoms with Crippen LogP contribution >= 0.6 is 0 Å². The van der Waals surface area contributed by atoms with E-state index in [2.05, 4.69) is 5.32 Å². The molecule has 0 bridgehead atoms. The summed E-state index contributed by atoms with van der Waals surface area (Å²) in [4.78, 5) is 12.8. The highest BCUT2D eigenvalue weighted by Crippen LogP contribution is 2.28. The van der Waals surface area contributed by atoms with Gasteiger partial charge < -0.3 is 14.6 Å². The zero-order valence-corrected chi connectivity index (χ0v) is 17.8. The standard InChI is InChI=1S/C24H22N2O4S/c1-30-20-13-11-19(12-14-20)25-24(27)16-26-15-23(21-9-5-6-10-22(21)26)31(28,29)17-18-7-3-2-4-8-18/h2-15H,16-17H2,1H3,(H,25,27). The quantitative estimate of drug-likeness (QED) is 0.471. The maximum atomic E-state index is 13.1. The minimum absolute atomic E-state index is 0.00655. The lowest BCUT2D eigenvalue weighted by atomic mass is 10.2. The van der Waals surface area contributed by atoms with Gasteiger partial charge in [0.2, 0.25) is 5.91 Å². The van der Waals surface area contributed by atoms with Crippen LogP contribution in [-0.2, 0) is 26.9 Å². The lowest BCUT2D eigenvalue weighted by Crippen LogP contribution is -2.18. The number of anilines is 1. The molecule has 0 saturated heterocycles. The Morgan fingerprint density at radius 3 is 2.32 bits per heavy atom. The van der Waals surface area contributed by atoms with Crippen LogP contribution in [0.2, 0.25) is 0 Å². The Hall–Kier alpha value is -3.58. The Kier molecular flexibility index (Phi) is 5.77. The first-order valence-corrected chi connectivity index (χ1v) is 11.4. The number of rotatable bonds is 7. The number of fused-ring (bicyclic) bond motifs is 1. The summed E-state index contributed by atoms with van der Waals surface area (Å²) in [5.74, 6) is 0.348. The number of nitrogens with one attached hydrogen (secondary N) is 1. The molecule has 1 N–H and O–H groups in total. The highest BCUT2D eigenvalue weighted by Gasteiger charge is 2.22. The second-order valence-electron chi connectivity index (χ2n) is 7.16. The molecule has 1 aromatic heterocycles. The minimum Gasteiger partial charge on any atom is -0.497 e. The highest BCUT2D eigenvalue weighted by atomic mass is 32.2. The van der Waals surface area contributed by atoms with Crippen LogP contribution in [0.5, 0.6) is 5.75 Å². The third kappa shape index (κ3) is 4.62. The number of aromatic nitrogens is 1. The predicted octanol–water partition coefficient (Wildman–Crippen LogP) is 4.26. The molecule has 4 aromatic rings. The molecule has 7 heteroatoms. The number of hydrogen-bond donors (Lipinski definition) is 1. The zero-order valence-electron chi connectivity index (χ0n) is 17.0. The molecule has 0 radical (unpaired) electrons. The fourth-order valence-corrected chi connectivity index (χ4v) is 5.08. The van der Waals surface area contributed by atoms with Crippen LogP contribution in [0.1, 0.15) is 5.56 Å². The summed E-state index contributed by atoms with van der Waals surface area (Å²) in [7, 11) is -2.01. The molecule has 0 aliphatic carbocycles. The lowest BCUT2D eigenvalue weighted by Gasteiger charge is -2.08. The largest absolute Gasteiger partial charge is 0.497 e. The van der Waals surface area contributed by atoms with Crippen LogP contribution in [0.15, 0.2) is 90.0 Å². The van der Waals surface area contributed by atoms with Gasteiger partial charge in [-0.05, 0) is 35.9 Å². The predicted molar refractivity (Wildman–Crippen MR) is 121 cm³/mol. The normalized spacial score (nSPS) is 11.4. The molecule has 158 valence electrons. The van der Waals surface area contributed by atoms with Crippen molar-refractivity contribution >= 4 is 32.3 Å². The van der Waals surface area contributed by atoms with Gasteiger partial charge in [0.05, 0.1) is 17.8 Å². The first-order valence-electron chi connectivity index (χ1n) is 9.75. The molecule has 4 rings (SSSR count). The van der Waals surface area contributed by atoms with Crippen molar-refractivity contribution in [2.45, 2.75) is 17.2 Å². The van der Waals surface area contributed by atoms with Gasteiger partial charge in [-0.25, -0.2) is 8.42 Å². The number of benzene rings is 3. The Morgan fingerprint density at radius 2 is 1.61 bits per heavy atom. The molecule has 3 aromatic carbocycles. The summed E-state index contributed by atoms with van der Waals surface area (Å²) >= 11 is 0. The van der Waals surface area contributed by atoms with E-state index in [4.69, 9.17) is 4.74 Å². The van der Waals surface area contributed by atoms with Crippen molar-refractivity contribution in [2.24, 2.45) is 0 Å². The summed E-state index contributed by atoms with van der Waals surface area (Å²) in [6.07, 6.45) is 1.55. The number of ether oxygens (including phenoxy) is 1. The molecule has 0 unspecified atom stereocenters. The van der Waals surface area contributed by atoms with E-state index in [-0.39, 0.29) is 23.1 Å². The molecule has 0 aliphatic rings. The molecule has 0 atom stereocenters. The second-order valence-corrected chi connectivity index (χ2v) is 9.12. The summed E-state index contributed by atoms with van der Waals surface area (Å²) in [5, 5.41) is 3.44. The van der Waals surface area contributed by atoms with E-state index in [0.717, 1.165) is 5.56 Å². The lowest BCUT2D eigenvalue weighted by molar-refractivity contribution is -0.116. The van der Waals surface area contributed by atoms with Gasteiger partial charge in [0.1, 0.15) is 12.3 Å². The van der Waals surface area contributed by atoms with Crippen LogP contribution < -0.4 is 10.1 Å². The number of hydrogen-bond acceptors (Lipinski definition) is 4. The number of sulfone groups is 1. The second kappa shape index (κ2) is 8.65. The molecule has 0 fully saturated rings. The average molecular weight is 435 g/mol. The first-order chi connectivity index (χ1) is 15.0. The third-order valence-electron chi connectivity index (χ3n) is 4.97. The van der Waals surface area contributed by atoms with Crippen LogP contribution in [-0.4, -0.2) is 26.0 Å². The molecule has 1 amide bonds. The Bertz CT molecular complexity index is 1310. The van der Waals surface area contributed by atoms with Crippen LogP contribution in [0, 0.1) is 0 Å². The van der Waals surface area contributed by atoms with Crippen LogP contribution in [0.25, 0.3) is 10.9 Å². The monoisotopic (exact) mass is 434 g/mol. The van der Waals surface area contributed by atoms with Gasteiger partial charge in [0.15, 0.2) is 9.84 Å². The average Bonchev–Trinajstić information content (AvgIpc) is 3.14. The molecular weight excluding hydrogens is 412 g/mol. The fraction of sp³-hybridized carbons (Fsp3) is 0.125. The van der Waals surface area contributed by atoms with Crippen LogP contribution in [0.4, 0.5) is 5.69 Å². The van der Waals surface area contributed by atoms with E-state index >= 15 is 0 Å². The molecule has 1 heterocycles. The first kappa shape index (κ1) is 20.7. The van der Waals surface area contributed by atoms with E-state index in [1.807, 2.05) is 30.3 Å². The number of nitrogens with zero attached hydrogens (tertiary/aromatic N) is 1. The van der Waals surface area contributed by atoms with Gasteiger partial charge in [-0.15, -0.1) is 0 Å². The Balaban J connectivity index is 1.61. The van der Waals surface area contributed by atoms with Gasteiger partial charge in [0.25, 0.3) is 0 Å². The van der Waals surface area contributed by atoms with Crippen molar-refractivity contribution in [1.82, 2.24) is 4.57 Å². The van der Waals surface area contributed by atoms with E-state index in [0.29, 0.717) is 22.3 Å². The van der Waals surface area contributed by atoms with E-state index in [9.17, 15) is 13.2 Å². The number of carbonyl (C=O) groups excluding carboxylic acids is 1. The minimum atomic E-state index is -3.59. The maximum absolute atomic E-state index is 13.1. The number of methoxy groups -OCH3 is 1. The van der Waals surface area contributed by atoms with E-state index in [1.165, 1.54) is 0 Å². The molecular formula is C24H22N2O4S. The van der Waals surface area contributed by atoms with Crippen molar-refractivity contribution in [1.29, 1.82) is 0 Å². The third-order valence-corrected chi connectivity index (χ3v) is 6.68. The molecule has 0 spiro atoms. The summed E-state index contributed by atoms with van der Waals surface area (Å²) in [5.41, 5.74) is 2.05. The van der Waals surface area contributed by atoms with Crippen molar-refractivity contribution in [2.75, 3.05) is 12.4 Å². The number of para-hydroxylation sites is 1. The van der Waals surface area contributed by atoms with Gasteiger partial charge in [-0.2, -0.15) is 0 Å². The van der Waals surface area contributed by atoms with Crippen molar-refractivity contribution in [3.8, 4) is 5.75 Å².